The number of ketones is 1. The Kier molecular flexibility index (Phi) is 11.4. The number of ether oxygens (including phenoxy) is 3. The molecule has 306 valence electrons. The molecule has 3 saturated carbocycles. The van der Waals surface area contributed by atoms with Crippen LogP contribution in [-0.2, 0) is 23.9 Å². The number of nitrogens with one attached hydrogen (secondary N) is 1. The normalized spacial score (nSPS) is 27.1. The lowest BCUT2D eigenvalue weighted by atomic mass is 9.77. The van der Waals surface area contributed by atoms with E-state index in [9.17, 15) is 24.3 Å². The van der Waals surface area contributed by atoms with Crippen molar-refractivity contribution >= 4 is 62.6 Å². The average molecular weight is 821 g/mol. The number of pyridine rings is 1. The number of aliphatic carboxylic acids is 1. The van der Waals surface area contributed by atoms with Crippen LogP contribution in [0.15, 0.2) is 36.2 Å². The molecule has 2 unspecified atom stereocenters. The van der Waals surface area contributed by atoms with Crippen molar-refractivity contribution in [1.29, 1.82) is 0 Å². The highest BCUT2D eigenvalue weighted by Crippen LogP contribution is 2.57. The first-order valence-corrected chi connectivity index (χ1v) is 21.2. The van der Waals surface area contributed by atoms with Crippen LogP contribution >= 0.6 is 22.9 Å². The Balaban J connectivity index is 1.20. The molecule has 3 aliphatic carbocycles. The predicted molar refractivity (Wildman–Crippen MR) is 219 cm³/mol. The first-order chi connectivity index (χ1) is 27.0. The standard InChI is InChI=1S/C43H53ClN4O8S/c1-8-25-18-43(25,40(52)53)19-32(49)31-15-26(20-48(31)39(51)28(42(4,5)6)16-36(50)56-34-14-23-9-10-24(34)13-23)55-35-17-29(30-21-57-41(47-30)45-22(2)3)46-38-27(35)11-12-33(54-7)37(38)44/h8,11-12,17,21-26,28,31,34H,1,9-10,13-16,18-20H2,2-7H3,(H,45,47)(H,52,53)/t23?,24?,25-,26-,28-,31+,34+,43-/m1/s1. The second-order valence-electron chi connectivity index (χ2n) is 17.8. The monoisotopic (exact) mass is 820 g/mol. The number of aromatic nitrogens is 2. The van der Waals surface area contributed by atoms with Crippen molar-refractivity contribution in [2.45, 2.75) is 110 Å². The maximum absolute atomic E-state index is 14.8. The molecule has 1 saturated heterocycles. The van der Waals surface area contributed by atoms with E-state index in [1.807, 2.05) is 40.0 Å². The summed E-state index contributed by atoms with van der Waals surface area (Å²) in [5.74, 6) is -1.51. The van der Waals surface area contributed by atoms with Crippen LogP contribution in [0.2, 0.25) is 5.02 Å². The summed E-state index contributed by atoms with van der Waals surface area (Å²) in [6, 6.07) is 4.51. The van der Waals surface area contributed by atoms with Crippen LogP contribution in [-0.4, -0.2) is 81.5 Å². The largest absolute Gasteiger partial charge is 0.495 e. The number of likely N-dealkylation sites (tertiary alicyclic amines) is 1. The fourth-order valence-corrected chi connectivity index (χ4v) is 10.3. The molecule has 2 aromatic heterocycles. The molecule has 0 spiro atoms. The van der Waals surface area contributed by atoms with Crippen LogP contribution < -0.4 is 14.8 Å². The lowest BCUT2D eigenvalue weighted by molar-refractivity contribution is -0.158. The van der Waals surface area contributed by atoms with E-state index in [2.05, 4.69) is 11.9 Å². The highest BCUT2D eigenvalue weighted by Gasteiger charge is 2.61. The van der Waals surface area contributed by atoms with Gasteiger partial charge in [-0.1, -0.05) is 38.4 Å². The SMILES string of the molecule is C=C[C@@H]1C[C@]1(CC(=O)[C@@H]1C[C@@H](Oc2cc(-c3csc(NC(C)C)n3)nc3c(Cl)c(OC)ccc23)CN1C(=O)[C@@H](CC(=O)O[C@H]1CC2CCC1C2)C(C)(C)C)C(=O)O. The van der Waals surface area contributed by atoms with Gasteiger partial charge in [0.1, 0.15) is 34.4 Å². The van der Waals surface area contributed by atoms with Crippen molar-refractivity contribution in [3.05, 3.63) is 41.3 Å². The van der Waals surface area contributed by atoms with Gasteiger partial charge >= 0.3 is 11.9 Å². The summed E-state index contributed by atoms with van der Waals surface area (Å²) in [5.41, 5.74) is -0.372. The summed E-state index contributed by atoms with van der Waals surface area (Å²) in [4.78, 5) is 66.3. The first kappa shape index (κ1) is 40.9. The molecular weight excluding hydrogens is 768 g/mol. The van der Waals surface area contributed by atoms with Gasteiger partial charge in [-0.15, -0.1) is 17.9 Å². The summed E-state index contributed by atoms with van der Waals surface area (Å²) in [7, 11) is 1.52. The Morgan fingerprint density at radius 1 is 1.12 bits per heavy atom. The van der Waals surface area contributed by atoms with E-state index in [1.165, 1.54) is 29.8 Å². The van der Waals surface area contributed by atoms with E-state index in [4.69, 9.17) is 35.8 Å². The van der Waals surface area contributed by atoms with E-state index < -0.39 is 40.8 Å². The van der Waals surface area contributed by atoms with Crippen LogP contribution in [0, 0.1) is 34.5 Å². The maximum Gasteiger partial charge on any atom is 0.310 e. The van der Waals surface area contributed by atoms with Crippen molar-refractivity contribution in [3.8, 4) is 22.9 Å². The van der Waals surface area contributed by atoms with Gasteiger partial charge in [0.2, 0.25) is 5.91 Å². The van der Waals surface area contributed by atoms with Crippen molar-refractivity contribution < 1.29 is 38.5 Å². The second kappa shape index (κ2) is 15.8. The van der Waals surface area contributed by atoms with Crippen molar-refractivity contribution in [2.75, 3.05) is 19.0 Å². The summed E-state index contributed by atoms with van der Waals surface area (Å²) in [5, 5.41) is 17.0. The maximum atomic E-state index is 14.8. The van der Waals surface area contributed by atoms with Crippen LogP contribution in [0.3, 0.4) is 0 Å². The fourth-order valence-electron chi connectivity index (χ4n) is 9.19. The predicted octanol–water partition coefficient (Wildman–Crippen LogP) is 8.21. The van der Waals surface area contributed by atoms with Gasteiger partial charge in [-0.05, 0) is 81.3 Å². The number of fused-ring (bicyclic) bond motifs is 3. The molecule has 7 rings (SSSR count). The number of hydrogen-bond donors (Lipinski definition) is 2. The number of hydrogen-bond acceptors (Lipinski definition) is 11. The number of carboxylic acids is 1. The number of anilines is 1. The molecule has 0 radical (unpaired) electrons. The van der Waals surface area contributed by atoms with E-state index in [0.717, 1.165) is 24.4 Å². The molecule has 14 heteroatoms. The molecule has 1 aliphatic heterocycles. The van der Waals surface area contributed by atoms with Gasteiger partial charge in [0.15, 0.2) is 10.9 Å². The molecule has 8 atom stereocenters. The summed E-state index contributed by atoms with van der Waals surface area (Å²) < 4.78 is 18.3. The van der Waals surface area contributed by atoms with Crippen LogP contribution in [0.4, 0.5) is 5.13 Å². The number of esters is 1. The molecular formula is C43H53ClN4O8S. The van der Waals surface area contributed by atoms with Crippen molar-refractivity contribution in [1.82, 2.24) is 14.9 Å². The minimum absolute atomic E-state index is 0.0381. The summed E-state index contributed by atoms with van der Waals surface area (Å²) in [6.07, 6.45) is 5.01. The van der Waals surface area contributed by atoms with Crippen LogP contribution in [0.5, 0.6) is 11.5 Å². The highest BCUT2D eigenvalue weighted by molar-refractivity contribution is 7.14. The van der Waals surface area contributed by atoms with Crippen molar-refractivity contribution in [2.24, 2.45) is 34.5 Å². The molecule has 1 aromatic carbocycles. The summed E-state index contributed by atoms with van der Waals surface area (Å²) in [6.45, 7) is 13.6. The number of rotatable bonds is 15. The minimum atomic E-state index is -1.26. The Morgan fingerprint density at radius 3 is 2.51 bits per heavy atom. The molecule has 3 aromatic rings. The highest BCUT2D eigenvalue weighted by atomic mass is 35.5. The zero-order valence-electron chi connectivity index (χ0n) is 33.5. The number of carboxylic acid groups (broad SMARTS) is 1. The first-order valence-electron chi connectivity index (χ1n) is 20.0. The number of thiazole rings is 1. The Bertz CT molecular complexity index is 2080. The lowest BCUT2D eigenvalue weighted by Crippen LogP contribution is -2.48. The van der Waals surface area contributed by atoms with Gasteiger partial charge in [0, 0.05) is 35.7 Å². The Morgan fingerprint density at radius 2 is 1.89 bits per heavy atom. The Labute approximate surface area is 342 Å². The van der Waals surface area contributed by atoms with Gasteiger partial charge in [0.05, 0.1) is 48.7 Å². The van der Waals surface area contributed by atoms with Crippen LogP contribution in [0.25, 0.3) is 22.3 Å². The van der Waals surface area contributed by atoms with E-state index in [0.29, 0.717) is 57.1 Å². The number of carbonyl (C=O) groups is 4. The third kappa shape index (κ3) is 8.24. The van der Waals surface area contributed by atoms with Gasteiger partial charge in [-0.25, -0.2) is 9.97 Å². The number of allylic oxidation sites excluding steroid dienone is 1. The topological polar surface area (TPSA) is 157 Å². The number of methoxy groups -OCH3 is 1. The smallest absolute Gasteiger partial charge is 0.310 e. The second-order valence-corrected chi connectivity index (χ2v) is 19.0. The quantitative estimate of drug-likeness (QED) is 0.113. The number of nitrogens with zero attached hydrogens (tertiary/aromatic N) is 3. The third-order valence-corrected chi connectivity index (χ3v) is 13.6. The Hall–Kier alpha value is -4.23. The fraction of sp³-hybridized carbons (Fsp3) is 0.581. The molecule has 3 heterocycles. The summed E-state index contributed by atoms with van der Waals surface area (Å²) >= 11 is 8.28. The van der Waals surface area contributed by atoms with Gasteiger partial charge in [0.25, 0.3) is 0 Å². The lowest BCUT2D eigenvalue weighted by Gasteiger charge is -2.35. The number of benzene rings is 1. The molecule has 57 heavy (non-hydrogen) atoms. The molecule has 4 aliphatic rings. The number of Topliss-reactive ketones (excluding diaryl/α,β-unsaturated/α-hetero) is 1. The molecule has 2 bridgehead atoms. The van der Waals surface area contributed by atoms with Gasteiger partial charge < -0.3 is 29.5 Å². The average Bonchev–Trinajstić information content (AvgIpc) is 3.67. The number of halogens is 1. The van der Waals surface area contributed by atoms with E-state index >= 15 is 0 Å². The minimum Gasteiger partial charge on any atom is -0.495 e. The molecule has 2 N–H and O–H groups in total. The van der Waals surface area contributed by atoms with Gasteiger partial charge in [-0.3, -0.25) is 19.2 Å². The zero-order valence-corrected chi connectivity index (χ0v) is 35.1. The third-order valence-electron chi connectivity index (χ3n) is 12.5. The number of amides is 1. The van der Waals surface area contributed by atoms with Crippen molar-refractivity contribution in [3.63, 3.8) is 0 Å². The molecule has 1 amide bonds. The molecule has 4 fully saturated rings. The van der Waals surface area contributed by atoms with E-state index in [-0.39, 0.29) is 55.6 Å². The van der Waals surface area contributed by atoms with Gasteiger partial charge in [-0.2, -0.15) is 0 Å². The zero-order chi connectivity index (χ0) is 41.0. The number of carbonyl (C=O) groups excluding carboxylic acids is 3. The molecule has 12 nitrogen and oxygen atoms in total. The van der Waals surface area contributed by atoms with E-state index in [1.54, 1.807) is 24.3 Å². The van der Waals surface area contributed by atoms with Crippen LogP contribution in [0.1, 0.15) is 86.0 Å².